The van der Waals surface area contributed by atoms with Crippen LogP contribution in [-0.2, 0) is 5.75 Å². The average Bonchev–Trinajstić information content (AvgIpc) is 2.10. The molecule has 0 saturated carbocycles. The van der Waals surface area contributed by atoms with E-state index >= 15 is 0 Å². The van der Waals surface area contributed by atoms with Gasteiger partial charge in [-0.1, -0.05) is 30.1 Å². The van der Waals surface area contributed by atoms with Crippen molar-refractivity contribution in [3.63, 3.8) is 0 Å². The number of aromatic nitrogens is 2. The summed E-state index contributed by atoms with van der Waals surface area (Å²) in [5.74, 6) is 2.50. The molecule has 0 aromatic carbocycles. The molecular formula is C8H10Cl2N2S. The Morgan fingerprint density at radius 3 is 2.23 bits per heavy atom. The minimum Gasteiger partial charge on any atom is -0.220 e. The molecule has 0 bridgehead atoms. The number of nitrogens with zero attached hydrogens (tertiary/aromatic N) is 2. The number of rotatable bonds is 3. The van der Waals surface area contributed by atoms with Crippen molar-refractivity contribution in [3.05, 3.63) is 21.7 Å². The summed E-state index contributed by atoms with van der Waals surface area (Å²) in [6.07, 6.45) is 0. The van der Waals surface area contributed by atoms with Gasteiger partial charge in [0.1, 0.15) is 16.1 Å². The number of hydrogen-bond donors (Lipinski definition) is 0. The molecule has 0 amide bonds. The van der Waals surface area contributed by atoms with E-state index in [0.717, 1.165) is 17.1 Å². The summed E-state index contributed by atoms with van der Waals surface area (Å²) in [6.45, 7) is 3.89. The smallest absolute Gasteiger partial charge is 0.141 e. The Balaban J connectivity index is 2.86. The molecule has 0 radical (unpaired) electrons. The Bertz CT molecular complexity index is 281. The van der Waals surface area contributed by atoms with E-state index in [4.69, 9.17) is 23.2 Å². The average molecular weight is 237 g/mol. The lowest BCUT2D eigenvalue weighted by Gasteiger charge is -2.03. The first-order chi connectivity index (χ1) is 6.15. The van der Waals surface area contributed by atoms with Gasteiger partial charge in [0.05, 0.1) is 5.75 Å². The molecular weight excluding hydrogens is 227 g/mol. The van der Waals surface area contributed by atoms with Crippen molar-refractivity contribution in [1.29, 1.82) is 0 Å². The van der Waals surface area contributed by atoms with Gasteiger partial charge >= 0.3 is 0 Å². The Morgan fingerprint density at radius 1 is 1.23 bits per heavy atom. The molecule has 0 aliphatic carbocycles. The first-order valence-electron chi connectivity index (χ1n) is 3.91. The van der Waals surface area contributed by atoms with Gasteiger partial charge in [-0.05, 0) is 12.7 Å². The largest absolute Gasteiger partial charge is 0.220 e. The molecule has 0 unspecified atom stereocenters. The highest BCUT2D eigenvalue weighted by atomic mass is 35.5. The second-order valence-electron chi connectivity index (χ2n) is 2.48. The third-order valence-corrected chi connectivity index (χ3v) is 3.12. The highest BCUT2D eigenvalue weighted by Gasteiger charge is 2.06. The summed E-state index contributed by atoms with van der Waals surface area (Å²) < 4.78 is 0. The van der Waals surface area contributed by atoms with Crippen molar-refractivity contribution in [3.8, 4) is 0 Å². The summed E-state index contributed by atoms with van der Waals surface area (Å²) in [6, 6.07) is 0. The Labute approximate surface area is 92.1 Å². The molecule has 0 saturated heterocycles. The van der Waals surface area contributed by atoms with Crippen LogP contribution in [0.2, 0.25) is 10.3 Å². The molecule has 0 spiro atoms. The van der Waals surface area contributed by atoms with Crippen molar-refractivity contribution < 1.29 is 0 Å². The molecule has 0 aliphatic rings. The van der Waals surface area contributed by atoms with E-state index in [9.17, 15) is 0 Å². The van der Waals surface area contributed by atoms with Crippen molar-refractivity contribution in [2.24, 2.45) is 0 Å². The van der Waals surface area contributed by atoms with E-state index in [0.29, 0.717) is 16.1 Å². The topological polar surface area (TPSA) is 25.8 Å². The fourth-order valence-electron chi connectivity index (χ4n) is 0.762. The van der Waals surface area contributed by atoms with Gasteiger partial charge in [0, 0.05) is 5.56 Å². The molecule has 13 heavy (non-hydrogen) atoms. The lowest BCUT2D eigenvalue weighted by atomic mass is 10.4. The second kappa shape index (κ2) is 5.03. The third-order valence-electron chi connectivity index (χ3n) is 1.51. The van der Waals surface area contributed by atoms with Crippen LogP contribution >= 0.6 is 35.0 Å². The highest BCUT2D eigenvalue weighted by Crippen LogP contribution is 2.21. The fraction of sp³-hybridized carbons (Fsp3) is 0.500. The Hall–Kier alpha value is 0.01000. The van der Waals surface area contributed by atoms with Crippen LogP contribution in [0.1, 0.15) is 18.3 Å². The predicted molar refractivity (Wildman–Crippen MR) is 58.6 cm³/mol. The molecule has 1 aromatic rings. The summed E-state index contributed by atoms with van der Waals surface area (Å²) in [4.78, 5) is 8.24. The maximum absolute atomic E-state index is 5.85. The zero-order valence-corrected chi connectivity index (χ0v) is 9.80. The molecule has 5 heteroatoms. The molecule has 0 aliphatic heterocycles. The molecule has 1 rings (SSSR count). The Morgan fingerprint density at radius 2 is 1.77 bits per heavy atom. The van der Waals surface area contributed by atoms with Crippen molar-refractivity contribution in [2.75, 3.05) is 5.75 Å². The predicted octanol–water partition coefficient (Wildman–Crippen LogP) is 3.34. The van der Waals surface area contributed by atoms with E-state index in [1.54, 1.807) is 18.7 Å². The van der Waals surface area contributed by atoms with E-state index in [1.165, 1.54) is 0 Å². The van der Waals surface area contributed by atoms with Crippen LogP contribution in [0, 0.1) is 6.92 Å². The highest BCUT2D eigenvalue weighted by molar-refractivity contribution is 7.98. The SMILES string of the molecule is CCSCc1nc(Cl)c(C)c(Cl)n1. The first-order valence-corrected chi connectivity index (χ1v) is 5.82. The maximum Gasteiger partial charge on any atom is 0.141 e. The second-order valence-corrected chi connectivity index (χ2v) is 4.47. The van der Waals surface area contributed by atoms with Crippen molar-refractivity contribution >= 4 is 35.0 Å². The molecule has 1 heterocycles. The van der Waals surface area contributed by atoms with Gasteiger partial charge in [-0.25, -0.2) is 9.97 Å². The summed E-state index contributed by atoms with van der Waals surface area (Å²) in [7, 11) is 0. The number of hydrogen-bond acceptors (Lipinski definition) is 3. The Kier molecular flexibility index (Phi) is 4.29. The maximum atomic E-state index is 5.85. The standard InChI is InChI=1S/C8H10Cl2N2S/c1-3-13-4-6-11-7(9)5(2)8(10)12-6/h3-4H2,1-2H3. The summed E-state index contributed by atoms with van der Waals surface area (Å²) >= 11 is 13.4. The lowest BCUT2D eigenvalue weighted by molar-refractivity contribution is 1.01. The van der Waals surface area contributed by atoms with E-state index in [-0.39, 0.29) is 0 Å². The van der Waals surface area contributed by atoms with Gasteiger partial charge in [0.25, 0.3) is 0 Å². The molecule has 0 N–H and O–H groups in total. The molecule has 0 fully saturated rings. The van der Waals surface area contributed by atoms with Crippen LogP contribution in [0.25, 0.3) is 0 Å². The lowest BCUT2D eigenvalue weighted by Crippen LogP contribution is -1.96. The zero-order chi connectivity index (χ0) is 9.84. The van der Waals surface area contributed by atoms with Crippen molar-refractivity contribution in [1.82, 2.24) is 9.97 Å². The molecule has 72 valence electrons. The third kappa shape index (κ3) is 3.01. The molecule has 2 nitrogen and oxygen atoms in total. The monoisotopic (exact) mass is 236 g/mol. The van der Waals surface area contributed by atoms with Gasteiger partial charge in [-0.2, -0.15) is 11.8 Å². The first kappa shape index (κ1) is 11.1. The number of thioether (sulfide) groups is 1. The van der Waals surface area contributed by atoms with Crippen LogP contribution in [0.5, 0.6) is 0 Å². The van der Waals surface area contributed by atoms with E-state index in [1.807, 2.05) is 0 Å². The van der Waals surface area contributed by atoms with Crippen molar-refractivity contribution in [2.45, 2.75) is 19.6 Å². The molecule has 1 aromatic heterocycles. The van der Waals surface area contributed by atoms with Gasteiger partial charge in [-0.3, -0.25) is 0 Å². The number of halogens is 2. The normalized spacial score (nSPS) is 10.5. The summed E-state index contributed by atoms with van der Waals surface area (Å²) in [5.41, 5.74) is 0.744. The van der Waals surface area contributed by atoms with E-state index < -0.39 is 0 Å². The zero-order valence-electron chi connectivity index (χ0n) is 7.47. The van der Waals surface area contributed by atoms with Gasteiger partial charge < -0.3 is 0 Å². The van der Waals surface area contributed by atoms with Gasteiger partial charge in [-0.15, -0.1) is 0 Å². The van der Waals surface area contributed by atoms with Crippen LogP contribution in [0.15, 0.2) is 0 Å². The quantitative estimate of drug-likeness (QED) is 0.754. The summed E-state index contributed by atoms with van der Waals surface area (Å²) in [5, 5.41) is 0.901. The minimum atomic E-state index is 0.451. The van der Waals surface area contributed by atoms with Crippen LogP contribution < -0.4 is 0 Å². The fourth-order valence-corrected chi connectivity index (χ4v) is 1.70. The van der Waals surface area contributed by atoms with Gasteiger partial charge in [0.15, 0.2) is 0 Å². The van der Waals surface area contributed by atoms with Crippen LogP contribution in [0.3, 0.4) is 0 Å². The van der Waals surface area contributed by atoms with Crippen LogP contribution in [0.4, 0.5) is 0 Å². The minimum absolute atomic E-state index is 0.451. The van der Waals surface area contributed by atoms with Gasteiger partial charge in [0.2, 0.25) is 0 Å². The van der Waals surface area contributed by atoms with E-state index in [2.05, 4.69) is 16.9 Å². The molecule has 0 atom stereocenters. The van der Waals surface area contributed by atoms with Crippen LogP contribution in [-0.4, -0.2) is 15.7 Å².